The zero-order valence-electron chi connectivity index (χ0n) is 7.53. The molecule has 1 aliphatic heterocycles. The number of para-hydroxylation sites is 1. The van der Waals surface area contributed by atoms with E-state index in [0.29, 0.717) is 24.2 Å². The van der Waals surface area contributed by atoms with Crippen molar-refractivity contribution in [3.8, 4) is 0 Å². The molecule has 0 saturated heterocycles. The summed E-state index contributed by atoms with van der Waals surface area (Å²) < 4.78 is 0. The summed E-state index contributed by atoms with van der Waals surface area (Å²) in [6.45, 7) is 0. The number of hydrogen-bond acceptors (Lipinski definition) is 3. The Morgan fingerprint density at radius 3 is 2.86 bits per heavy atom. The molecular formula is C10H10N2O2. The van der Waals surface area contributed by atoms with Gasteiger partial charge in [-0.1, -0.05) is 23.4 Å². The Morgan fingerprint density at radius 2 is 2.07 bits per heavy atom. The molecule has 1 amide bonds. The molecule has 0 aromatic heterocycles. The van der Waals surface area contributed by atoms with Crippen molar-refractivity contribution in [3.63, 3.8) is 0 Å². The zero-order chi connectivity index (χ0) is 9.97. The zero-order valence-corrected chi connectivity index (χ0v) is 7.53. The number of nitrogens with zero attached hydrogens (tertiary/aromatic N) is 1. The van der Waals surface area contributed by atoms with Gasteiger partial charge in [0.1, 0.15) is 0 Å². The highest BCUT2D eigenvalue weighted by Gasteiger charge is 2.17. The first-order valence-corrected chi connectivity index (χ1v) is 4.41. The van der Waals surface area contributed by atoms with Crippen molar-refractivity contribution in [2.24, 2.45) is 5.16 Å². The van der Waals surface area contributed by atoms with Gasteiger partial charge in [-0.15, -0.1) is 0 Å². The van der Waals surface area contributed by atoms with Crippen LogP contribution in [0.3, 0.4) is 0 Å². The van der Waals surface area contributed by atoms with E-state index in [1.165, 1.54) is 0 Å². The van der Waals surface area contributed by atoms with Crippen molar-refractivity contribution in [2.45, 2.75) is 12.8 Å². The molecule has 2 rings (SSSR count). The summed E-state index contributed by atoms with van der Waals surface area (Å²) in [5, 5.41) is 14.8. The molecule has 0 spiro atoms. The fourth-order valence-corrected chi connectivity index (χ4v) is 1.53. The van der Waals surface area contributed by atoms with Crippen LogP contribution in [0.4, 0.5) is 5.69 Å². The van der Waals surface area contributed by atoms with Crippen LogP contribution in [0.15, 0.2) is 29.4 Å². The van der Waals surface area contributed by atoms with E-state index in [-0.39, 0.29) is 5.91 Å². The molecule has 0 saturated carbocycles. The Hall–Kier alpha value is -1.84. The topological polar surface area (TPSA) is 61.7 Å². The molecule has 14 heavy (non-hydrogen) atoms. The lowest BCUT2D eigenvalue weighted by Crippen LogP contribution is -2.08. The van der Waals surface area contributed by atoms with Gasteiger partial charge in [0.05, 0.1) is 5.71 Å². The van der Waals surface area contributed by atoms with E-state index in [4.69, 9.17) is 5.21 Å². The average molecular weight is 190 g/mol. The van der Waals surface area contributed by atoms with Gasteiger partial charge in [-0.2, -0.15) is 0 Å². The van der Waals surface area contributed by atoms with Gasteiger partial charge in [0, 0.05) is 24.1 Å². The van der Waals surface area contributed by atoms with E-state index in [1.807, 2.05) is 18.2 Å². The van der Waals surface area contributed by atoms with Gasteiger partial charge in [0.25, 0.3) is 0 Å². The highest BCUT2D eigenvalue weighted by molar-refractivity contribution is 6.11. The number of carbonyl (C=O) groups is 1. The minimum Gasteiger partial charge on any atom is -0.411 e. The van der Waals surface area contributed by atoms with Gasteiger partial charge in [0.15, 0.2) is 0 Å². The molecule has 72 valence electrons. The average Bonchev–Trinajstić information content (AvgIpc) is 2.36. The van der Waals surface area contributed by atoms with Crippen molar-refractivity contribution >= 4 is 17.3 Å². The van der Waals surface area contributed by atoms with Crippen LogP contribution in [-0.2, 0) is 4.79 Å². The lowest BCUT2D eigenvalue weighted by atomic mass is 10.1. The largest absolute Gasteiger partial charge is 0.411 e. The SMILES string of the molecule is O=C1CC/C(=N\O)c2ccccc2N1. The second-order valence-electron chi connectivity index (χ2n) is 3.14. The van der Waals surface area contributed by atoms with Crippen LogP contribution in [0.5, 0.6) is 0 Å². The van der Waals surface area contributed by atoms with Crippen molar-refractivity contribution in [3.05, 3.63) is 29.8 Å². The number of amides is 1. The second-order valence-corrected chi connectivity index (χ2v) is 3.14. The molecule has 1 heterocycles. The molecule has 0 radical (unpaired) electrons. The minimum absolute atomic E-state index is 0.0453. The lowest BCUT2D eigenvalue weighted by Gasteiger charge is -2.05. The molecule has 0 aliphatic carbocycles. The molecular weight excluding hydrogens is 180 g/mol. The molecule has 1 aliphatic rings. The third kappa shape index (κ3) is 1.46. The predicted octanol–water partition coefficient (Wildman–Crippen LogP) is 1.60. The van der Waals surface area contributed by atoms with Crippen LogP contribution in [-0.4, -0.2) is 16.8 Å². The van der Waals surface area contributed by atoms with E-state index >= 15 is 0 Å². The van der Waals surface area contributed by atoms with Gasteiger partial charge in [-0.05, 0) is 6.07 Å². The second kappa shape index (κ2) is 3.49. The highest BCUT2D eigenvalue weighted by atomic mass is 16.4. The third-order valence-electron chi connectivity index (χ3n) is 2.22. The summed E-state index contributed by atoms with van der Waals surface area (Å²) in [6.07, 6.45) is 0.827. The van der Waals surface area contributed by atoms with E-state index in [0.717, 1.165) is 5.56 Å². The fourth-order valence-electron chi connectivity index (χ4n) is 1.53. The van der Waals surface area contributed by atoms with Crippen LogP contribution >= 0.6 is 0 Å². The van der Waals surface area contributed by atoms with Crippen LogP contribution in [0, 0.1) is 0 Å². The van der Waals surface area contributed by atoms with Gasteiger partial charge in [-0.25, -0.2) is 0 Å². The number of anilines is 1. The molecule has 0 bridgehead atoms. The first-order chi connectivity index (χ1) is 6.81. The number of fused-ring (bicyclic) bond motifs is 1. The first-order valence-electron chi connectivity index (χ1n) is 4.41. The maximum Gasteiger partial charge on any atom is 0.224 e. The number of rotatable bonds is 0. The first kappa shape index (κ1) is 8.74. The van der Waals surface area contributed by atoms with Crippen molar-refractivity contribution < 1.29 is 10.0 Å². The number of hydrogen-bond donors (Lipinski definition) is 2. The highest BCUT2D eigenvalue weighted by Crippen LogP contribution is 2.21. The van der Waals surface area contributed by atoms with E-state index in [2.05, 4.69) is 10.5 Å². The number of oxime groups is 1. The smallest absolute Gasteiger partial charge is 0.224 e. The molecule has 4 nitrogen and oxygen atoms in total. The van der Waals surface area contributed by atoms with E-state index in [9.17, 15) is 4.79 Å². The minimum atomic E-state index is -0.0453. The summed E-state index contributed by atoms with van der Waals surface area (Å²) in [4.78, 5) is 11.3. The van der Waals surface area contributed by atoms with Crippen molar-refractivity contribution in [2.75, 3.05) is 5.32 Å². The summed E-state index contributed by atoms with van der Waals surface area (Å²) >= 11 is 0. The molecule has 0 fully saturated rings. The Bertz CT molecular complexity index is 399. The lowest BCUT2D eigenvalue weighted by molar-refractivity contribution is -0.116. The fraction of sp³-hybridized carbons (Fsp3) is 0.200. The van der Waals surface area contributed by atoms with Gasteiger partial charge < -0.3 is 10.5 Å². The number of nitrogens with one attached hydrogen (secondary N) is 1. The van der Waals surface area contributed by atoms with Gasteiger partial charge in [0.2, 0.25) is 5.91 Å². The van der Waals surface area contributed by atoms with Crippen molar-refractivity contribution in [1.29, 1.82) is 0 Å². The van der Waals surface area contributed by atoms with Crippen LogP contribution in [0.2, 0.25) is 0 Å². The Labute approximate surface area is 81.2 Å². The number of carbonyl (C=O) groups excluding carboxylic acids is 1. The van der Waals surface area contributed by atoms with Gasteiger partial charge >= 0.3 is 0 Å². The molecule has 0 atom stereocenters. The molecule has 4 heteroatoms. The summed E-state index contributed by atoms with van der Waals surface area (Å²) in [5.41, 5.74) is 2.06. The summed E-state index contributed by atoms with van der Waals surface area (Å²) in [5.74, 6) is -0.0453. The molecule has 0 unspecified atom stereocenters. The van der Waals surface area contributed by atoms with E-state index in [1.54, 1.807) is 6.07 Å². The Kier molecular flexibility index (Phi) is 2.18. The Balaban J connectivity index is 2.51. The quantitative estimate of drug-likeness (QED) is 0.482. The van der Waals surface area contributed by atoms with Gasteiger partial charge in [-0.3, -0.25) is 4.79 Å². The summed E-state index contributed by atoms with van der Waals surface area (Å²) in [6, 6.07) is 7.31. The standard InChI is InChI=1S/C10H10N2O2/c13-10-6-5-9(12-14)7-3-1-2-4-8(7)11-10/h1-4,14H,5-6H2,(H,11,13)/b12-9+. The predicted molar refractivity (Wildman–Crippen MR) is 52.6 cm³/mol. The molecule has 2 N–H and O–H groups in total. The molecule has 1 aromatic carbocycles. The Morgan fingerprint density at radius 1 is 1.29 bits per heavy atom. The normalized spacial score (nSPS) is 18.6. The van der Waals surface area contributed by atoms with Crippen LogP contribution in [0.25, 0.3) is 0 Å². The molecule has 1 aromatic rings. The summed E-state index contributed by atoms with van der Waals surface area (Å²) in [7, 11) is 0. The van der Waals surface area contributed by atoms with Crippen molar-refractivity contribution in [1.82, 2.24) is 0 Å². The van der Waals surface area contributed by atoms with Crippen LogP contribution in [0.1, 0.15) is 18.4 Å². The van der Waals surface area contributed by atoms with Crippen LogP contribution < -0.4 is 5.32 Å². The maximum atomic E-state index is 11.3. The monoisotopic (exact) mass is 190 g/mol. The maximum absolute atomic E-state index is 11.3. The number of benzene rings is 1. The third-order valence-corrected chi connectivity index (χ3v) is 2.22. The van der Waals surface area contributed by atoms with E-state index < -0.39 is 0 Å².